The van der Waals surface area contributed by atoms with Crippen molar-refractivity contribution in [3.8, 4) is 0 Å². The molecule has 0 aliphatic carbocycles. The zero-order valence-corrected chi connectivity index (χ0v) is 13.4. The normalized spacial score (nSPS) is 15.1. The third-order valence-electron chi connectivity index (χ3n) is 3.33. The molecule has 0 saturated carbocycles. The monoisotopic (exact) mass is 308 g/mol. The standard InChI is InChI=1S/C14H24N6O2/c1-4-22-14(21)20-7-5-19(6-8-20)13-17-12(10-16-18-13)15-9-11(2)3/h10-11H,4-9H2,1-3H3,(H,15,17,18). The first-order valence-electron chi connectivity index (χ1n) is 7.70. The van der Waals surface area contributed by atoms with E-state index in [1.54, 1.807) is 11.1 Å². The highest BCUT2D eigenvalue weighted by Crippen LogP contribution is 2.13. The predicted octanol–water partition coefficient (Wildman–Crippen LogP) is 1.22. The van der Waals surface area contributed by atoms with Crippen molar-refractivity contribution < 1.29 is 9.53 Å². The minimum atomic E-state index is -0.256. The maximum absolute atomic E-state index is 11.7. The molecule has 1 aromatic heterocycles. The van der Waals surface area contributed by atoms with Gasteiger partial charge in [0.15, 0.2) is 5.82 Å². The molecular weight excluding hydrogens is 284 g/mol. The Kier molecular flexibility index (Phi) is 5.74. The molecule has 0 atom stereocenters. The average molecular weight is 308 g/mol. The quantitative estimate of drug-likeness (QED) is 0.875. The Bertz CT molecular complexity index is 488. The van der Waals surface area contributed by atoms with Gasteiger partial charge in [0.25, 0.3) is 0 Å². The SMILES string of the molecule is CCOC(=O)N1CCN(c2nncc(NCC(C)C)n2)CC1. The number of aromatic nitrogens is 3. The van der Waals surface area contributed by atoms with E-state index in [4.69, 9.17) is 4.74 Å². The van der Waals surface area contributed by atoms with Crippen LogP contribution in [0.25, 0.3) is 0 Å². The van der Waals surface area contributed by atoms with Crippen LogP contribution in [0.2, 0.25) is 0 Å². The number of amides is 1. The highest BCUT2D eigenvalue weighted by Gasteiger charge is 2.23. The van der Waals surface area contributed by atoms with Crippen molar-refractivity contribution in [3.63, 3.8) is 0 Å². The number of ether oxygens (including phenoxy) is 1. The highest BCUT2D eigenvalue weighted by molar-refractivity contribution is 5.68. The lowest BCUT2D eigenvalue weighted by Crippen LogP contribution is -2.49. The number of hydrogen-bond donors (Lipinski definition) is 1. The number of nitrogens with zero attached hydrogens (tertiary/aromatic N) is 5. The van der Waals surface area contributed by atoms with Gasteiger partial charge in [-0.05, 0) is 12.8 Å². The van der Waals surface area contributed by atoms with Gasteiger partial charge in [-0.25, -0.2) is 4.79 Å². The summed E-state index contributed by atoms with van der Waals surface area (Å²) in [6.45, 7) is 9.88. The minimum absolute atomic E-state index is 0.256. The Morgan fingerprint density at radius 3 is 2.73 bits per heavy atom. The van der Waals surface area contributed by atoms with E-state index in [9.17, 15) is 4.79 Å². The molecule has 1 saturated heterocycles. The molecule has 1 aromatic rings. The second-order valence-corrected chi connectivity index (χ2v) is 5.59. The lowest BCUT2D eigenvalue weighted by atomic mass is 10.2. The molecule has 1 N–H and O–H groups in total. The number of carbonyl (C=O) groups is 1. The van der Waals surface area contributed by atoms with E-state index in [1.165, 1.54) is 0 Å². The molecule has 122 valence electrons. The van der Waals surface area contributed by atoms with Gasteiger partial charge in [0, 0.05) is 32.7 Å². The highest BCUT2D eigenvalue weighted by atomic mass is 16.6. The first kappa shape index (κ1) is 16.3. The molecule has 0 spiro atoms. The van der Waals surface area contributed by atoms with Gasteiger partial charge in [0.05, 0.1) is 12.8 Å². The van der Waals surface area contributed by atoms with Crippen molar-refractivity contribution in [1.29, 1.82) is 0 Å². The third-order valence-corrected chi connectivity index (χ3v) is 3.33. The van der Waals surface area contributed by atoms with Crippen LogP contribution in [0.1, 0.15) is 20.8 Å². The molecule has 1 fully saturated rings. The maximum atomic E-state index is 11.7. The van der Waals surface area contributed by atoms with E-state index in [1.807, 2.05) is 11.8 Å². The van der Waals surface area contributed by atoms with E-state index < -0.39 is 0 Å². The Balaban J connectivity index is 1.91. The molecule has 8 heteroatoms. The van der Waals surface area contributed by atoms with Gasteiger partial charge in [-0.3, -0.25) is 0 Å². The second-order valence-electron chi connectivity index (χ2n) is 5.59. The Morgan fingerprint density at radius 1 is 1.36 bits per heavy atom. The molecule has 2 heterocycles. The lowest BCUT2D eigenvalue weighted by molar-refractivity contribution is 0.105. The molecule has 8 nitrogen and oxygen atoms in total. The second kappa shape index (κ2) is 7.77. The Morgan fingerprint density at radius 2 is 2.09 bits per heavy atom. The van der Waals surface area contributed by atoms with Crippen LogP contribution in [0.5, 0.6) is 0 Å². The molecule has 0 bridgehead atoms. The third kappa shape index (κ3) is 4.44. The van der Waals surface area contributed by atoms with E-state index in [0.29, 0.717) is 44.7 Å². The van der Waals surface area contributed by atoms with Gasteiger partial charge in [0.1, 0.15) is 0 Å². The first-order valence-corrected chi connectivity index (χ1v) is 7.70. The van der Waals surface area contributed by atoms with Gasteiger partial charge in [0.2, 0.25) is 5.95 Å². The first-order chi connectivity index (χ1) is 10.6. The molecule has 0 aromatic carbocycles. The smallest absolute Gasteiger partial charge is 0.409 e. The predicted molar refractivity (Wildman–Crippen MR) is 84.0 cm³/mol. The van der Waals surface area contributed by atoms with Crippen LogP contribution in [0.3, 0.4) is 0 Å². The topological polar surface area (TPSA) is 83.5 Å². The van der Waals surface area contributed by atoms with Gasteiger partial charge in [-0.1, -0.05) is 13.8 Å². The molecular formula is C14H24N6O2. The van der Waals surface area contributed by atoms with Crippen LogP contribution in [0, 0.1) is 5.92 Å². The molecule has 2 rings (SSSR count). The fraction of sp³-hybridized carbons (Fsp3) is 0.714. The Hall–Kier alpha value is -2.12. The number of rotatable bonds is 5. The molecule has 1 aliphatic heterocycles. The molecule has 22 heavy (non-hydrogen) atoms. The van der Waals surface area contributed by atoms with Gasteiger partial charge in [-0.2, -0.15) is 10.1 Å². The molecule has 0 radical (unpaired) electrons. The van der Waals surface area contributed by atoms with E-state index in [0.717, 1.165) is 12.4 Å². The van der Waals surface area contributed by atoms with Crippen molar-refractivity contribution in [1.82, 2.24) is 20.1 Å². The van der Waals surface area contributed by atoms with E-state index >= 15 is 0 Å². The summed E-state index contributed by atoms with van der Waals surface area (Å²) in [5.74, 6) is 1.86. The summed E-state index contributed by atoms with van der Waals surface area (Å²) in [4.78, 5) is 19.9. The molecule has 1 aliphatic rings. The molecule has 1 amide bonds. The zero-order valence-electron chi connectivity index (χ0n) is 13.4. The molecule has 0 unspecified atom stereocenters. The van der Waals surface area contributed by atoms with Crippen molar-refractivity contribution in [3.05, 3.63) is 6.20 Å². The van der Waals surface area contributed by atoms with Crippen molar-refractivity contribution in [2.45, 2.75) is 20.8 Å². The van der Waals surface area contributed by atoms with E-state index in [2.05, 4.69) is 34.3 Å². The number of carbonyl (C=O) groups excluding carboxylic acids is 1. The van der Waals surface area contributed by atoms with E-state index in [-0.39, 0.29) is 6.09 Å². The summed E-state index contributed by atoms with van der Waals surface area (Å²) in [6.07, 6.45) is 1.37. The van der Waals surface area contributed by atoms with Crippen LogP contribution < -0.4 is 10.2 Å². The van der Waals surface area contributed by atoms with Crippen molar-refractivity contribution >= 4 is 17.9 Å². The van der Waals surface area contributed by atoms with Crippen molar-refractivity contribution in [2.75, 3.05) is 49.5 Å². The minimum Gasteiger partial charge on any atom is -0.450 e. The number of nitrogens with one attached hydrogen (secondary N) is 1. The summed E-state index contributed by atoms with van der Waals surface area (Å²) >= 11 is 0. The fourth-order valence-corrected chi connectivity index (χ4v) is 2.13. The van der Waals surface area contributed by atoms with Gasteiger partial charge in [-0.15, -0.1) is 5.10 Å². The largest absolute Gasteiger partial charge is 0.450 e. The summed E-state index contributed by atoms with van der Waals surface area (Å²) in [5, 5.41) is 11.3. The van der Waals surface area contributed by atoms with Crippen LogP contribution in [0.4, 0.5) is 16.6 Å². The summed E-state index contributed by atoms with van der Waals surface area (Å²) < 4.78 is 5.01. The number of piperazine rings is 1. The summed E-state index contributed by atoms with van der Waals surface area (Å²) in [5.41, 5.74) is 0. The lowest BCUT2D eigenvalue weighted by Gasteiger charge is -2.33. The number of anilines is 2. The van der Waals surface area contributed by atoms with Crippen molar-refractivity contribution in [2.24, 2.45) is 5.92 Å². The fourth-order valence-electron chi connectivity index (χ4n) is 2.13. The maximum Gasteiger partial charge on any atom is 0.409 e. The summed E-state index contributed by atoms with van der Waals surface area (Å²) in [7, 11) is 0. The number of hydrogen-bond acceptors (Lipinski definition) is 7. The van der Waals surface area contributed by atoms with Crippen LogP contribution >= 0.6 is 0 Å². The van der Waals surface area contributed by atoms with Crippen LogP contribution in [0.15, 0.2) is 6.20 Å². The Labute approximate surface area is 130 Å². The zero-order chi connectivity index (χ0) is 15.9. The van der Waals surface area contributed by atoms with Gasteiger partial charge >= 0.3 is 6.09 Å². The van der Waals surface area contributed by atoms with Crippen LogP contribution in [-0.4, -0.2) is 65.5 Å². The average Bonchev–Trinajstić information content (AvgIpc) is 2.53. The van der Waals surface area contributed by atoms with Crippen LogP contribution in [-0.2, 0) is 4.74 Å². The summed E-state index contributed by atoms with van der Waals surface area (Å²) in [6, 6.07) is 0. The van der Waals surface area contributed by atoms with Gasteiger partial charge < -0.3 is 19.9 Å².